The third kappa shape index (κ3) is 3.46. The van der Waals surface area contributed by atoms with Crippen LogP contribution in [0, 0.1) is 5.92 Å². The van der Waals surface area contributed by atoms with E-state index in [1.165, 1.54) is 0 Å². The van der Waals surface area contributed by atoms with Crippen LogP contribution in [0.25, 0.3) is 0 Å². The molecular weight excluding hydrogens is 187 g/mol. The number of esters is 1. The van der Waals surface area contributed by atoms with E-state index in [1.807, 2.05) is 0 Å². The SMILES string of the molecule is CCOC(C)/C(F)=C/OC(=O)C1CC1. The van der Waals surface area contributed by atoms with Crippen LogP contribution in [0.3, 0.4) is 0 Å². The zero-order valence-corrected chi connectivity index (χ0v) is 8.46. The Balaban J connectivity index is 2.30. The molecular formula is C10H15FO3. The smallest absolute Gasteiger partial charge is 0.313 e. The summed E-state index contributed by atoms with van der Waals surface area (Å²) >= 11 is 0. The quantitative estimate of drug-likeness (QED) is 0.506. The molecule has 0 N–H and O–H groups in total. The first-order chi connectivity index (χ1) is 6.65. The highest BCUT2D eigenvalue weighted by atomic mass is 19.1. The Hall–Kier alpha value is -0.900. The van der Waals surface area contributed by atoms with Crippen LogP contribution in [-0.4, -0.2) is 18.7 Å². The predicted octanol–water partition coefficient (Wildman–Crippen LogP) is 2.18. The van der Waals surface area contributed by atoms with Crippen LogP contribution in [0.15, 0.2) is 12.1 Å². The molecule has 14 heavy (non-hydrogen) atoms. The molecule has 0 spiro atoms. The van der Waals surface area contributed by atoms with Crippen molar-refractivity contribution in [2.75, 3.05) is 6.61 Å². The van der Waals surface area contributed by atoms with Gasteiger partial charge in [0.15, 0.2) is 5.83 Å². The standard InChI is InChI=1S/C10H15FO3/c1-3-13-7(2)9(11)6-14-10(12)8-4-5-8/h6-8H,3-5H2,1-2H3/b9-6-. The molecule has 3 nitrogen and oxygen atoms in total. The van der Waals surface area contributed by atoms with Crippen molar-refractivity contribution in [3.8, 4) is 0 Å². The number of ether oxygens (including phenoxy) is 2. The lowest BCUT2D eigenvalue weighted by Crippen LogP contribution is -2.10. The predicted molar refractivity (Wildman–Crippen MR) is 49.1 cm³/mol. The van der Waals surface area contributed by atoms with E-state index >= 15 is 0 Å². The number of carbonyl (C=O) groups excluding carboxylic acids is 1. The maximum Gasteiger partial charge on any atom is 0.313 e. The van der Waals surface area contributed by atoms with Gasteiger partial charge in [-0.25, -0.2) is 4.39 Å². The van der Waals surface area contributed by atoms with Crippen molar-refractivity contribution in [3.63, 3.8) is 0 Å². The maximum absolute atomic E-state index is 13.1. The molecule has 0 aliphatic heterocycles. The van der Waals surface area contributed by atoms with E-state index in [-0.39, 0.29) is 11.9 Å². The first-order valence-electron chi connectivity index (χ1n) is 4.82. The minimum atomic E-state index is -0.646. The van der Waals surface area contributed by atoms with Gasteiger partial charge in [-0.15, -0.1) is 0 Å². The van der Waals surface area contributed by atoms with Crippen molar-refractivity contribution < 1.29 is 18.7 Å². The van der Waals surface area contributed by atoms with Crippen LogP contribution < -0.4 is 0 Å². The van der Waals surface area contributed by atoms with E-state index in [2.05, 4.69) is 4.74 Å². The highest BCUT2D eigenvalue weighted by Crippen LogP contribution is 2.30. The third-order valence-corrected chi connectivity index (χ3v) is 2.00. The first-order valence-corrected chi connectivity index (χ1v) is 4.82. The second-order valence-electron chi connectivity index (χ2n) is 3.31. The second-order valence-corrected chi connectivity index (χ2v) is 3.31. The van der Waals surface area contributed by atoms with Crippen molar-refractivity contribution in [1.29, 1.82) is 0 Å². The van der Waals surface area contributed by atoms with Crippen molar-refractivity contribution in [3.05, 3.63) is 12.1 Å². The molecule has 1 saturated carbocycles. The van der Waals surface area contributed by atoms with Gasteiger partial charge in [-0.3, -0.25) is 4.79 Å². The number of halogens is 1. The maximum atomic E-state index is 13.1. The van der Waals surface area contributed by atoms with Gasteiger partial charge in [0.25, 0.3) is 0 Å². The summed E-state index contributed by atoms with van der Waals surface area (Å²) in [4.78, 5) is 11.0. The number of hydrogen-bond acceptors (Lipinski definition) is 3. The van der Waals surface area contributed by atoms with Gasteiger partial charge < -0.3 is 9.47 Å². The molecule has 0 aromatic rings. The van der Waals surface area contributed by atoms with E-state index in [0.29, 0.717) is 6.61 Å². The fourth-order valence-electron chi connectivity index (χ4n) is 0.955. The van der Waals surface area contributed by atoms with Gasteiger partial charge in [-0.1, -0.05) is 0 Å². The molecule has 0 radical (unpaired) electrons. The van der Waals surface area contributed by atoms with Crippen LogP contribution in [0.4, 0.5) is 4.39 Å². The lowest BCUT2D eigenvalue weighted by atomic mass is 10.4. The van der Waals surface area contributed by atoms with E-state index in [0.717, 1.165) is 19.1 Å². The summed E-state index contributed by atoms with van der Waals surface area (Å²) < 4.78 is 22.7. The Labute approximate surface area is 82.9 Å². The molecule has 1 fully saturated rings. The monoisotopic (exact) mass is 202 g/mol. The number of hydrogen-bond donors (Lipinski definition) is 0. The van der Waals surface area contributed by atoms with Gasteiger partial charge in [0.1, 0.15) is 12.4 Å². The van der Waals surface area contributed by atoms with Crippen LogP contribution in [-0.2, 0) is 14.3 Å². The van der Waals surface area contributed by atoms with Gasteiger partial charge in [0.05, 0.1) is 5.92 Å². The highest BCUT2D eigenvalue weighted by molar-refractivity contribution is 5.75. The molecule has 0 aromatic heterocycles. The molecule has 0 amide bonds. The lowest BCUT2D eigenvalue weighted by molar-refractivity contribution is -0.139. The lowest BCUT2D eigenvalue weighted by Gasteiger charge is -2.08. The molecule has 0 aromatic carbocycles. The molecule has 0 bridgehead atoms. The molecule has 4 heteroatoms. The van der Waals surface area contributed by atoms with Crippen molar-refractivity contribution in [2.45, 2.75) is 32.8 Å². The summed E-state index contributed by atoms with van der Waals surface area (Å²) in [6, 6.07) is 0. The molecule has 0 heterocycles. The van der Waals surface area contributed by atoms with Gasteiger partial charge in [0.2, 0.25) is 0 Å². The van der Waals surface area contributed by atoms with Crippen molar-refractivity contribution >= 4 is 5.97 Å². The van der Waals surface area contributed by atoms with E-state index in [1.54, 1.807) is 13.8 Å². The molecule has 0 saturated heterocycles. The first kappa shape index (κ1) is 11.2. The Bertz CT molecular complexity index is 234. The summed E-state index contributed by atoms with van der Waals surface area (Å²) in [7, 11) is 0. The minimum absolute atomic E-state index is 0.0125. The minimum Gasteiger partial charge on any atom is -0.431 e. The van der Waals surface area contributed by atoms with Crippen LogP contribution in [0.2, 0.25) is 0 Å². The van der Waals surface area contributed by atoms with E-state index < -0.39 is 11.9 Å². The average Bonchev–Trinajstić information content (AvgIpc) is 2.97. The van der Waals surface area contributed by atoms with Crippen molar-refractivity contribution in [2.24, 2.45) is 5.92 Å². The molecule has 1 rings (SSSR count). The summed E-state index contributed by atoms with van der Waals surface area (Å²) in [5.74, 6) is -0.911. The fraction of sp³-hybridized carbons (Fsp3) is 0.700. The van der Waals surface area contributed by atoms with Crippen LogP contribution >= 0.6 is 0 Å². The molecule has 80 valence electrons. The largest absolute Gasteiger partial charge is 0.431 e. The molecule has 1 aliphatic carbocycles. The third-order valence-electron chi connectivity index (χ3n) is 2.00. The topological polar surface area (TPSA) is 35.5 Å². The highest BCUT2D eigenvalue weighted by Gasteiger charge is 2.31. The van der Waals surface area contributed by atoms with Gasteiger partial charge in [-0.2, -0.15) is 0 Å². The Kier molecular flexibility index (Phi) is 4.07. The summed E-state index contributed by atoms with van der Waals surface area (Å²) in [5.41, 5.74) is 0. The van der Waals surface area contributed by atoms with Gasteiger partial charge in [0, 0.05) is 6.61 Å². The number of carbonyl (C=O) groups is 1. The molecule has 1 atom stereocenters. The molecule has 1 aliphatic rings. The van der Waals surface area contributed by atoms with E-state index in [4.69, 9.17) is 4.74 Å². The Morgan fingerprint density at radius 2 is 2.29 bits per heavy atom. The summed E-state index contributed by atoms with van der Waals surface area (Å²) in [6.07, 6.45) is 1.91. The van der Waals surface area contributed by atoms with E-state index in [9.17, 15) is 9.18 Å². The second kappa shape index (κ2) is 5.10. The fourth-order valence-corrected chi connectivity index (χ4v) is 0.955. The van der Waals surface area contributed by atoms with Gasteiger partial charge >= 0.3 is 5.97 Å². The van der Waals surface area contributed by atoms with Crippen LogP contribution in [0.1, 0.15) is 26.7 Å². The summed E-state index contributed by atoms with van der Waals surface area (Å²) in [6.45, 7) is 3.78. The normalized spacial score (nSPS) is 19.2. The van der Waals surface area contributed by atoms with Crippen molar-refractivity contribution in [1.82, 2.24) is 0 Å². The van der Waals surface area contributed by atoms with Crippen LogP contribution in [0.5, 0.6) is 0 Å². The number of rotatable bonds is 5. The molecule has 1 unspecified atom stereocenters. The van der Waals surface area contributed by atoms with Gasteiger partial charge in [-0.05, 0) is 26.7 Å². The zero-order valence-electron chi connectivity index (χ0n) is 8.46. The summed E-state index contributed by atoms with van der Waals surface area (Å²) in [5, 5.41) is 0. The Morgan fingerprint density at radius 1 is 1.64 bits per heavy atom. The Morgan fingerprint density at radius 3 is 2.79 bits per heavy atom. The zero-order chi connectivity index (χ0) is 10.6. The average molecular weight is 202 g/mol.